The molecule has 0 saturated carbocycles. The van der Waals surface area contributed by atoms with E-state index in [-0.39, 0.29) is 30.7 Å². The third-order valence-corrected chi connectivity index (χ3v) is 9.28. The number of carbonyl (C=O) groups is 2. The van der Waals surface area contributed by atoms with Crippen molar-refractivity contribution in [3.63, 3.8) is 0 Å². The van der Waals surface area contributed by atoms with Crippen molar-refractivity contribution in [3.8, 4) is 0 Å². The Bertz CT molecular complexity index is 1620. The average Bonchev–Trinajstić information content (AvgIpc) is 2.87. The summed E-state index contributed by atoms with van der Waals surface area (Å²) in [7, 11) is -9.24. The first-order valence-corrected chi connectivity index (χ1v) is 14.3. The van der Waals surface area contributed by atoms with Crippen molar-refractivity contribution in [1.82, 2.24) is 8.61 Å². The first kappa shape index (κ1) is 33.3. The van der Waals surface area contributed by atoms with Crippen molar-refractivity contribution in [2.45, 2.75) is 29.8 Å². The molecule has 0 atom stereocenters. The third-order valence-electron chi connectivity index (χ3n) is 5.50. The highest BCUT2D eigenvalue weighted by molar-refractivity contribution is 7.89. The van der Waals surface area contributed by atoms with Crippen LogP contribution in [0, 0.1) is 23.3 Å². The molecule has 41 heavy (non-hydrogen) atoms. The van der Waals surface area contributed by atoms with Crippen LogP contribution in [0.25, 0.3) is 0 Å². The molecule has 0 radical (unpaired) electrons. The summed E-state index contributed by atoms with van der Waals surface area (Å²) < 4.78 is 109. The van der Waals surface area contributed by atoms with Crippen LogP contribution in [0.4, 0.5) is 17.6 Å². The second-order valence-corrected chi connectivity index (χ2v) is 11.9. The summed E-state index contributed by atoms with van der Waals surface area (Å²) in [5.41, 5.74) is 0.415. The van der Waals surface area contributed by atoms with Gasteiger partial charge in [-0.25, -0.2) is 34.4 Å². The summed E-state index contributed by atoms with van der Waals surface area (Å²) in [4.78, 5) is 18.1. The van der Waals surface area contributed by atoms with Crippen molar-refractivity contribution in [3.05, 3.63) is 95.1 Å². The lowest BCUT2D eigenvalue weighted by molar-refractivity contribution is -0.137. The molecule has 0 heterocycles. The summed E-state index contributed by atoms with van der Waals surface area (Å²) in [6.45, 7) is -0.989. The Morgan fingerprint density at radius 2 is 1.17 bits per heavy atom. The minimum atomic E-state index is -4.78. The van der Waals surface area contributed by atoms with E-state index in [9.17, 15) is 44.3 Å². The maximum atomic E-state index is 14.3. The number of carboxylic acids is 1. The van der Waals surface area contributed by atoms with Crippen LogP contribution in [0.3, 0.4) is 0 Å². The van der Waals surface area contributed by atoms with Crippen LogP contribution in [-0.2, 0) is 42.7 Å². The molecule has 3 rings (SSSR count). The maximum Gasteiger partial charge on any atom is 0.318 e. The molecule has 0 aliphatic carbocycles. The number of hydrogen-bond acceptors (Lipinski definition) is 6. The van der Waals surface area contributed by atoms with Gasteiger partial charge < -0.3 is 10.2 Å². The van der Waals surface area contributed by atoms with E-state index in [4.69, 9.17) is 9.90 Å². The number of aliphatic carboxylic acids is 1. The molecule has 0 spiro atoms. The summed E-state index contributed by atoms with van der Waals surface area (Å²) >= 11 is 0. The minimum Gasteiger partial charge on any atom is -0.483 e. The number of hydrogen-bond donors (Lipinski definition) is 2. The van der Waals surface area contributed by atoms with Crippen molar-refractivity contribution in [2.24, 2.45) is 0 Å². The van der Waals surface area contributed by atoms with Crippen LogP contribution in [-0.4, -0.2) is 61.2 Å². The second-order valence-electron chi connectivity index (χ2n) is 8.12. The van der Waals surface area contributed by atoms with Gasteiger partial charge in [0.1, 0.15) is 39.6 Å². The fraction of sp³-hybridized carbons (Fsp3) is 0.200. The zero-order chi connectivity index (χ0) is 31.0. The molecule has 0 aliphatic heterocycles. The van der Waals surface area contributed by atoms with Gasteiger partial charge >= 0.3 is 5.97 Å². The van der Waals surface area contributed by atoms with Crippen LogP contribution < -0.4 is 0 Å². The van der Waals surface area contributed by atoms with Gasteiger partial charge in [0.2, 0.25) is 20.0 Å². The summed E-state index contributed by atoms with van der Waals surface area (Å²) in [6, 6.07) is 9.62. The molecule has 0 fully saturated rings. The monoisotopic (exact) mass is 620 g/mol. The molecule has 10 nitrogen and oxygen atoms in total. The zero-order valence-electron chi connectivity index (χ0n) is 21.2. The van der Waals surface area contributed by atoms with E-state index >= 15 is 0 Å². The first-order valence-electron chi connectivity index (χ1n) is 11.5. The van der Waals surface area contributed by atoms with E-state index < -0.39 is 72.2 Å². The quantitative estimate of drug-likeness (QED) is 0.245. The molecular weight excluding hydrogens is 596 g/mol. The van der Waals surface area contributed by atoms with E-state index in [2.05, 4.69) is 0 Å². The minimum absolute atomic E-state index is 0.147. The van der Waals surface area contributed by atoms with Crippen LogP contribution >= 0.6 is 0 Å². The van der Waals surface area contributed by atoms with E-state index in [1.807, 2.05) is 0 Å². The Labute approximate surface area is 233 Å². The summed E-state index contributed by atoms with van der Waals surface area (Å²) in [5, 5.41) is 16.2. The van der Waals surface area contributed by atoms with Gasteiger partial charge in [0, 0.05) is 31.8 Å². The average molecular weight is 621 g/mol. The largest absolute Gasteiger partial charge is 0.483 e. The number of benzene rings is 3. The van der Waals surface area contributed by atoms with Crippen LogP contribution in [0.15, 0.2) is 70.5 Å². The van der Waals surface area contributed by atoms with Crippen molar-refractivity contribution < 1.29 is 54.2 Å². The number of carboxylic acid groups (broad SMARTS) is 2. The van der Waals surface area contributed by atoms with Gasteiger partial charge in [0.05, 0.1) is 0 Å². The number of nitrogens with zero attached hydrogens (tertiary/aromatic N) is 2. The van der Waals surface area contributed by atoms with E-state index in [0.29, 0.717) is 28.6 Å². The Morgan fingerprint density at radius 1 is 0.780 bits per heavy atom. The fourth-order valence-electron chi connectivity index (χ4n) is 3.64. The molecule has 16 heteroatoms. The summed E-state index contributed by atoms with van der Waals surface area (Å²) in [5.74, 6) is -6.27. The second kappa shape index (κ2) is 14.2. The first-order chi connectivity index (χ1) is 19.2. The molecular formula is C25H24F4N2O8S2. The van der Waals surface area contributed by atoms with Gasteiger partial charge in [-0.3, -0.25) is 9.59 Å². The van der Waals surface area contributed by atoms with Gasteiger partial charge in [-0.05, 0) is 35.4 Å². The van der Waals surface area contributed by atoms with Crippen LogP contribution in [0.2, 0.25) is 0 Å². The van der Waals surface area contributed by atoms with E-state index in [0.717, 1.165) is 16.4 Å². The van der Waals surface area contributed by atoms with Gasteiger partial charge in [0.25, 0.3) is 6.47 Å². The van der Waals surface area contributed by atoms with E-state index in [1.54, 1.807) is 0 Å². The standard InChI is InChI=1S/C24H22F4N2O6S2.CH2O2/c1-2-29(37(33,34)22-9-7-18(25)11-20(22)27)13-16-5-3-4-6-17(16)14-30(15-24(31)32)38(35,36)23-10-8-19(26)12-21(23)28;2-1-3/h3-12H,2,13-15H2,1H3,(H,31,32);1H,(H,2,3). The number of halogens is 4. The fourth-order valence-corrected chi connectivity index (χ4v) is 6.52. The van der Waals surface area contributed by atoms with Crippen LogP contribution in [0.5, 0.6) is 0 Å². The lowest BCUT2D eigenvalue weighted by Gasteiger charge is -2.25. The molecule has 3 aromatic carbocycles. The SMILES string of the molecule is CCN(Cc1ccccc1CN(CC(=O)O)S(=O)(=O)c1ccc(F)cc1F)S(=O)(=O)c1ccc(F)cc1F.O=CO. The summed E-state index contributed by atoms with van der Waals surface area (Å²) in [6.07, 6.45) is 0. The predicted octanol–water partition coefficient (Wildman–Crippen LogP) is 3.43. The number of rotatable bonds is 11. The van der Waals surface area contributed by atoms with E-state index in [1.165, 1.54) is 31.2 Å². The zero-order valence-corrected chi connectivity index (χ0v) is 22.9. The predicted molar refractivity (Wildman–Crippen MR) is 136 cm³/mol. The lowest BCUT2D eigenvalue weighted by atomic mass is 10.1. The Morgan fingerprint density at radius 3 is 1.54 bits per heavy atom. The molecule has 0 amide bonds. The molecule has 0 aliphatic rings. The lowest BCUT2D eigenvalue weighted by Crippen LogP contribution is -2.36. The third kappa shape index (κ3) is 8.32. The van der Waals surface area contributed by atoms with Gasteiger partial charge in [0.15, 0.2) is 0 Å². The highest BCUT2D eigenvalue weighted by Gasteiger charge is 2.31. The smallest absolute Gasteiger partial charge is 0.318 e. The molecule has 3 aromatic rings. The molecule has 0 saturated heterocycles. The Hall–Kier alpha value is -3.86. The highest BCUT2D eigenvalue weighted by Crippen LogP contribution is 2.26. The Balaban J connectivity index is 0.00000187. The molecule has 222 valence electrons. The van der Waals surface area contributed by atoms with Crippen molar-refractivity contribution in [2.75, 3.05) is 13.1 Å². The van der Waals surface area contributed by atoms with Gasteiger partial charge in [-0.15, -0.1) is 0 Å². The maximum absolute atomic E-state index is 14.3. The number of sulfonamides is 2. The van der Waals surface area contributed by atoms with Gasteiger partial charge in [-0.1, -0.05) is 31.2 Å². The topological polar surface area (TPSA) is 149 Å². The molecule has 0 aromatic heterocycles. The molecule has 2 N–H and O–H groups in total. The Kier molecular flexibility index (Phi) is 11.5. The molecule has 0 bridgehead atoms. The van der Waals surface area contributed by atoms with Gasteiger partial charge in [-0.2, -0.15) is 8.61 Å². The van der Waals surface area contributed by atoms with Crippen molar-refractivity contribution in [1.29, 1.82) is 0 Å². The van der Waals surface area contributed by atoms with Crippen LogP contribution in [0.1, 0.15) is 18.1 Å². The normalized spacial score (nSPS) is 11.7. The molecule has 0 unspecified atom stereocenters. The van der Waals surface area contributed by atoms with Crippen molar-refractivity contribution >= 4 is 32.5 Å². The highest BCUT2D eigenvalue weighted by atomic mass is 32.2.